The first-order valence-corrected chi connectivity index (χ1v) is 3.79. The van der Waals surface area contributed by atoms with E-state index < -0.39 is 0 Å². The molecule has 0 spiro atoms. The number of hydrazone groups is 1. The summed E-state index contributed by atoms with van der Waals surface area (Å²) in [5.74, 6) is -0.0166. The van der Waals surface area contributed by atoms with Crippen LogP contribution in [0.1, 0.15) is 5.56 Å². The fourth-order valence-electron chi connectivity index (χ4n) is 0.836. The maximum atomic E-state index is 5.14. The van der Waals surface area contributed by atoms with Gasteiger partial charge in [-0.15, -0.1) is 5.10 Å². The number of guanidine groups is 1. The molecule has 1 rings (SSSR count). The molecule has 4 nitrogen and oxygen atoms in total. The summed E-state index contributed by atoms with van der Waals surface area (Å²) >= 11 is 0. The van der Waals surface area contributed by atoms with E-state index in [0.717, 1.165) is 5.56 Å². The SMILES string of the molecule is C=C(NN=C(N)N)c1ccccc1. The van der Waals surface area contributed by atoms with Crippen LogP contribution in [0, 0.1) is 0 Å². The molecule has 13 heavy (non-hydrogen) atoms. The van der Waals surface area contributed by atoms with Crippen LogP contribution < -0.4 is 16.9 Å². The van der Waals surface area contributed by atoms with Crippen LogP contribution in [0.5, 0.6) is 0 Å². The summed E-state index contributed by atoms with van der Waals surface area (Å²) in [6.07, 6.45) is 0. The van der Waals surface area contributed by atoms with Crippen molar-refractivity contribution in [2.75, 3.05) is 0 Å². The predicted octanol–water partition coefficient (Wildman–Crippen LogP) is 0.435. The molecule has 0 radical (unpaired) electrons. The second kappa shape index (κ2) is 4.15. The fraction of sp³-hybridized carbons (Fsp3) is 0. The van der Waals surface area contributed by atoms with E-state index in [2.05, 4.69) is 17.1 Å². The van der Waals surface area contributed by atoms with E-state index in [1.807, 2.05) is 30.3 Å². The smallest absolute Gasteiger partial charge is 0.208 e. The summed E-state index contributed by atoms with van der Waals surface area (Å²) in [5.41, 5.74) is 14.5. The van der Waals surface area contributed by atoms with Crippen molar-refractivity contribution in [3.8, 4) is 0 Å². The van der Waals surface area contributed by atoms with Crippen molar-refractivity contribution >= 4 is 11.7 Å². The monoisotopic (exact) mass is 176 g/mol. The summed E-state index contributed by atoms with van der Waals surface area (Å²) in [5, 5.41) is 3.62. The van der Waals surface area contributed by atoms with E-state index in [0.29, 0.717) is 5.70 Å². The minimum absolute atomic E-state index is 0.0166. The van der Waals surface area contributed by atoms with Gasteiger partial charge >= 0.3 is 0 Å². The van der Waals surface area contributed by atoms with Gasteiger partial charge in [-0.1, -0.05) is 36.9 Å². The molecule has 68 valence electrons. The second-order valence-corrected chi connectivity index (χ2v) is 2.49. The van der Waals surface area contributed by atoms with E-state index in [-0.39, 0.29) is 5.96 Å². The Kier molecular flexibility index (Phi) is 2.92. The van der Waals surface area contributed by atoms with Gasteiger partial charge in [0.25, 0.3) is 0 Å². The quantitative estimate of drug-likeness (QED) is 0.355. The Hall–Kier alpha value is -1.97. The van der Waals surface area contributed by atoms with E-state index >= 15 is 0 Å². The first-order chi connectivity index (χ1) is 6.20. The van der Waals surface area contributed by atoms with Gasteiger partial charge in [0.15, 0.2) is 0 Å². The Bertz CT molecular complexity index is 312. The normalized spacial score (nSPS) is 8.92. The van der Waals surface area contributed by atoms with E-state index in [4.69, 9.17) is 11.5 Å². The lowest BCUT2D eigenvalue weighted by atomic mass is 10.2. The van der Waals surface area contributed by atoms with Gasteiger partial charge in [0.2, 0.25) is 5.96 Å². The molecule has 0 aliphatic carbocycles. The first-order valence-electron chi connectivity index (χ1n) is 3.79. The Morgan fingerprint density at radius 3 is 2.38 bits per heavy atom. The average molecular weight is 176 g/mol. The molecule has 0 aromatic heterocycles. The molecule has 0 saturated carbocycles. The van der Waals surface area contributed by atoms with Gasteiger partial charge in [-0.2, -0.15) is 0 Å². The van der Waals surface area contributed by atoms with Crippen LogP contribution in [-0.4, -0.2) is 5.96 Å². The lowest BCUT2D eigenvalue weighted by Gasteiger charge is -2.03. The number of rotatable bonds is 3. The second-order valence-electron chi connectivity index (χ2n) is 2.49. The zero-order chi connectivity index (χ0) is 9.68. The van der Waals surface area contributed by atoms with Gasteiger partial charge in [-0.3, -0.25) is 5.43 Å². The van der Waals surface area contributed by atoms with Crippen molar-refractivity contribution in [3.05, 3.63) is 42.5 Å². The number of nitrogens with zero attached hydrogens (tertiary/aromatic N) is 1. The van der Waals surface area contributed by atoms with Crippen LogP contribution in [-0.2, 0) is 0 Å². The van der Waals surface area contributed by atoms with E-state index in [9.17, 15) is 0 Å². The van der Waals surface area contributed by atoms with Crippen LogP contribution >= 0.6 is 0 Å². The molecular weight excluding hydrogens is 164 g/mol. The van der Waals surface area contributed by atoms with Crippen molar-refractivity contribution in [1.82, 2.24) is 5.43 Å². The molecule has 4 heteroatoms. The molecule has 0 aliphatic rings. The third kappa shape index (κ3) is 2.86. The number of benzene rings is 1. The molecule has 0 fully saturated rings. The topological polar surface area (TPSA) is 76.4 Å². The lowest BCUT2D eigenvalue weighted by molar-refractivity contribution is 0.983. The highest BCUT2D eigenvalue weighted by Crippen LogP contribution is 2.07. The van der Waals surface area contributed by atoms with Crippen molar-refractivity contribution in [1.29, 1.82) is 0 Å². The zero-order valence-electron chi connectivity index (χ0n) is 7.20. The van der Waals surface area contributed by atoms with Crippen LogP contribution in [0.25, 0.3) is 5.70 Å². The van der Waals surface area contributed by atoms with Crippen LogP contribution in [0.2, 0.25) is 0 Å². The number of hydrogen-bond acceptors (Lipinski definition) is 2. The largest absolute Gasteiger partial charge is 0.369 e. The van der Waals surface area contributed by atoms with Crippen LogP contribution in [0.15, 0.2) is 42.0 Å². The predicted molar refractivity (Wildman–Crippen MR) is 54.4 cm³/mol. The molecule has 0 bridgehead atoms. The van der Waals surface area contributed by atoms with Crippen LogP contribution in [0.3, 0.4) is 0 Å². The van der Waals surface area contributed by atoms with Gasteiger partial charge in [-0.05, 0) is 5.56 Å². The first kappa shape index (κ1) is 9.12. The van der Waals surface area contributed by atoms with Gasteiger partial charge in [0.1, 0.15) is 0 Å². The fourth-order valence-corrected chi connectivity index (χ4v) is 0.836. The number of hydrogen-bond donors (Lipinski definition) is 3. The Labute approximate surface area is 76.9 Å². The summed E-state index contributed by atoms with van der Waals surface area (Å²) < 4.78 is 0. The van der Waals surface area contributed by atoms with Crippen molar-refractivity contribution in [2.45, 2.75) is 0 Å². The minimum atomic E-state index is -0.0166. The molecule has 0 amide bonds. The molecule has 0 heterocycles. The van der Waals surface area contributed by atoms with Gasteiger partial charge < -0.3 is 11.5 Å². The van der Waals surface area contributed by atoms with Gasteiger partial charge in [-0.25, -0.2) is 0 Å². The third-order valence-corrected chi connectivity index (χ3v) is 1.44. The number of nitrogens with one attached hydrogen (secondary N) is 1. The molecule has 1 aromatic rings. The van der Waals surface area contributed by atoms with Crippen molar-refractivity contribution < 1.29 is 0 Å². The molecular formula is C9H12N4. The summed E-state index contributed by atoms with van der Waals surface area (Å²) in [6, 6.07) is 9.59. The van der Waals surface area contributed by atoms with E-state index in [1.165, 1.54) is 0 Å². The highest BCUT2D eigenvalue weighted by atomic mass is 15.3. The van der Waals surface area contributed by atoms with Crippen molar-refractivity contribution in [2.24, 2.45) is 16.6 Å². The summed E-state index contributed by atoms with van der Waals surface area (Å²) in [6.45, 7) is 3.77. The lowest BCUT2D eigenvalue weighted by Crippen LogP contribution is -2.25. The molecule has 0 aliphatic heterocycles. The molecule has 5 N–H and O–H groups in total. The number of nitrogens with two attached hydrogens (primary N) is 2. The molecule has 0 atom stereocenters. The standard InChI is InChI=1S/C9H12N4/c1-7(12-13-9(10)11)8-5-3-2-4-6-8/h2-6,12H,1H2,(H4,10,11,13). The Morgan fingerprint density at radius 2 is 1.85 bits per heavy atom. The highest BCUT2D eigenvalue weighted by Gasteiger charge is 1.94. The van der Waals surface area contributed by atoms with Gasteiger partial charge in [0.05, 0.1) is 5.70 Å². The van der Waals surface area contributed by atoms with Crippen molar-refractivity contribution in [3.63, 3.8) is 0 Å². The third-order valence-electron chi connectivity index (χ3n) is 1.44. The highest BCUT2D eigenvalue weighted by molar-refractivity contribution is 5.76. The van der Waals surface area contributed by atoms with Crippen LogP contribution in [0.4, 0.5) is 0 Å². The van der Waals surface area contributed by atoms with E-state index in [1.54, 1.807) is 0 Å². The maximum Gasteiger partial charge on any atom is 0.208 e. The summed E-state index contributed by atoms with van der Waals surface area (Å²) in [4.78, 5) is 0. The average Bonchev–Trinajstić information content (AvgIpc) is 2.15. The molecule has 0 saturated heterocycles. The maximum absolute atomic E-state index is 5.14. The molecule has 0 unspecified atom stereocenters. The molecule has 1 aromatic carbocycles. The summed E-state index contributed by atoms with van der Waals surface area (Å²) in [7, 11) is 0. The van der Waals surface area contributed by atoms with Gasteiger partial charge in [0, 0.05) is 0 Å². The Morgan fingerprint density at radius 1 is 1.23 bits per heavy atom. The Balaban J connectivity index is 2.65. The zero-order valence-corrected chi connectivity index (χ0v) is 7.20. The minimum Gasteiger partial charge on any atom is -0.369 e.